The molecule has 3 aliphatic heterocycles. The largest absolute Gasteiger partial charge is 0.445 e. The minimum atomic E-state index is -4.45. The summed E-state index contributed by atoms with van der Waals surface area (Å²) in [5, 5.41) is 21.0. The molecule has 5 aliphatic rings. The summed E-state index contributed by atoms with van der Waals surface area (Å²) >= 11 is 0.594. The second kappa shape index (κ2) is 6.91. The fourth-order valence-corrected chi connectivity index (χ4v) is 6.98. The molecule has 7 rings (SSSR count). The van der Waals surface area contributed by atoms with Crippen molar-refractivity contribution >= 4 is 17.4 Å². The number of halogens is 3. The first kappa shape index (κ1) is 21.9. The normalized spacial score (nSPS) is 26.3. The monoisotopic (exact) mass is 510 g/mol. The number of carbonyl (C=O) groups is 1. The highest BCUT2D eigenvalue weighted by Crippen LogP contribution is 2.55. The van der Waals surface area contributed by atoms with E-state index in [0.717, 1.165) is 51.9 Å². The van der Waals surface area contributed by atoms with E-state index < -0.39 is 16.8 Å². The van der Waals surface area contributed by atoms with Gasteiger partial charge in [-0.1, -0.05) is 11.3 Å². The number of alkyl halides is 3. The molecule has 0 bridgehead atoms. The van der Waals surface area contributed by atoms with Crippen molar-refractivity contribution in [1.29, 1.82) is 0 Å². The van der Waals surface area contributed by atoms with Gasteiger partial charge >= 0.3 is 12.2 Å². The fraction of sp³-hybridized carbons (Fsp3) is 0.762. The highest BCUT2D eigenvalue weighted by molar-refractivity contribution is 7.11. The van der Waals surface area contributed by atoms with Gasteiger partial charge in [-0.05, 0) is 25.7 Å². The molecule has 2 aromatic heterocycles. The van der Waals surface area contributed by atoms with Gasteiger partial charge in [-0.2, -0.15) is 18.3 Å². The van der Waals surface area contributed by atoms with Gasteiger partial charge in [0, 0.05) is 50.1 Å². The lowest BCUT2D eigenvalue weighted by molar-refractivity contribution is -0.138. The molecule has 0 aromatic carbocycles. The third-order valence-electron chi connectivity index (χ3n) is 8.19. The van der Waals surface area contributed by atoms with Gasteiger partial charge < -0.3 is 14.9 Å². The van der Waals surface area contributed by atoms with E-state index in [9.17, 15) is 23.1 Å². The van der Waals surface area contributed by atoms with Crippen LogP contribution < -0.4 is 0 Å². The molecular formula is C21H25F3N8O2S. The third kappa shape index (κ3) is 3.55. The summed E-state index contributed by atoms with van der Waals surface area (Å²) in [5.74, 6) is 0.527. The van der Waals surface area contributed by atoms with Crippen LogP contribution in [-0.2, 0) is 18.3 Å². The Morgan fingerprint density at radius 3 is 2.31 bits per heavy atom. The van der Waals surface area contributed by atoms with Crippen molar-refractivity contribution in [3.8, 4) is 0 Å². The van der Waals surface area contributed by atoms with Gasteiger partial charge in [0.25, 0.3) is 0 Å². The molecule has 2 spiro atoms. The average molecular weight is 511 g/mol. The highest BCUT2D eigenvalue weighted by atomic mass is 32.1. The number of rotatable bonds is 4. The number of likely N-dealkylation sites (tertiary alicyclic amines) is 3. The zero-order chi connectivity index (χ0) is 24.2. The van der Waals surface area contributed by atoms with Crippen LogP contribution in [0.2, 0.25) is 0 Å². The quantitative estimate of drug-likeness (QED) is 0.668. The van der Waals surface area contributed by atoms with Gasteiger partial charge in [-0.3, -0.25) is 4.90 Å². The molecule has 5 fully saturated rings. The van der Waals surface area contributed by atoms with Crippen LogP contribution in [0.3, 0.4) is 0 Å². The summed E-state index contributed by atoms with van der Waals surface area (Å²) in [6, 6.07) is 0.366. The zero-order valence-electron chi connectivity index (χ0n) is 18.9. The first-order valence-electron chi connectivity index (χ1n) is 11.8. The van der Waals surface area contributed by atoms with E-state index >= 15 is 0 Å². The van der Waals surface area contributed by atoms with E-state index in [0.29, 0.717) is 41.8 Å². The summed E-state index contributed by atoms with van der Waals surface area (Å²) in [6.45, 7) is 4.82. The van der Waals surface area contributed by atoms with Crippen LogP contribution in [0.15, 0.2) is 6.33 Å². The SMILES string of the molecule is O=C(N1CC2(CC(n3cnc(C4(O)CC4)n3)C2)C1)N1CC2(CN(Cc3nnc(C(F)(F)F)s3)C2)C1. The van der Waals surface area contributed by atoms with E-state index in [4.69, 9.17) is 0 Å². The van der Waals surface area contributed by atoms with E-state index in [1.54, 1.807) is 6.33 Å². The number of hydrogen-bond donors (Lipinski definition) is 1. The Morgan fingerprint density at radius 1 is 1.06 bits per heavy atom. The smallest absolute Gasteiger partial charge is 0.382 e. The lowest BCUT2D eigenvalue weighted by Crippen LogP contribution is -2.75. The highest BCUT2D eigenvalue weighted by Gasteiger charge is 2.58. The van der Waals surface area contributed by atoms with Crippen molar-refractivity contribution in [2.24, 2.45) is 10.8 Å². The Hall–Kier alpha value is -2.32. The standard InChI is InChI=1S/C21H25F3N8O2S/c22-21(23,24)16-27-26-14(35-16)5-29-6-19(7-29)10-31(11-19)17(33)30-8-18(9-30)3-13(4-18)32-12-25-15(28-32)20(34)1-2-20/h12-13,34H,1-11H2. The van der Waals surface area contributed by atoms with Crippen molar-refractivity contribution in [2.45, 2.75) is 50.0 Å². The number of carbonyl (C=O) groups excluding carboxylic acids is 1. The number of nitrogens with zero attached hydrogens (tertiary/aromatic N) is 8. The molecule has 0 radical (unpaired) electrons. The van der Waals surface area contributed by atoms with E-state index in [-0.39, 0.29) is 22.9 Å². The van der Waals surface area contributed by atoms with Crippen LogP contribution in [-0.4, -0.2) is 90.1 Å². The first-order chi connectivity index (χ1) is 16.5. The summed E-state index contributed by atoms with van der Waals surface area (Å²) in [4.78, 5) is 23.0. The molecule has 2 aromatic rings. The molecule has 2 aliphatic carbocycles. The van der Waals surface area contributed by atoms with Gasteiger partial charge in [0.15, 0.2) is 5.82 Å². The number of aliphatic hydroxyl groups is 1. The van der Waals surface area contributed by atoms with Crippen molar-refractivity contribution in [1.82, 2.24) is 39.7 Å². The van der Waals surface area contributed by atoms with Crippen LogP contribution in [0.25, 0.3) is 0 Å². The molecular weight excluding hydrogens is 485 g/mol. The topological polar surface area (TPSA) is 104 Å². The number of amides is 2. The molecule has 1 N–H and O–H groups in total. The number of aromatic nitrogens is 5. The molecule has 5 heterocycles. The number of urea groups is 1. The predicted molar refractivity (Wildman–Crippen MR) is 115 cm³/mol. The van der Waals surface area contributed by atoms with Crippen LogP contribution in [0.4, 0.5) is 18.0 Å². The van der Waals surface area contributed by atoms with E-state index in [1.807, 2.05) is 14.5 Å². The Kier molecular flexibility index (Phi) is 4.33. The number of hydrogen-bond acceptors (Lipinski definition) is 8. The zero-order valence-corrected chi connectivity index (χ0v) is 19.7. The minimum absolute atomic E-state index is 0.0632. The van der Waals surface area contributed by atoms with Crippen molar-refractivity contribution < 1.29 is 23.1 Å². The molecule has 0 atom stereocenters. The fourth-order valence-electron chi connectivity index (χ4n) is 6.23. The van der Waals surface area contributed by atoms with Crippen molar-refractivity contribution in [3.63, 3.8) is 0 Å². The molecule has 14 heteroatoms. The third-order valence-corrected chi connectivity index (χ3v) is 9.14. The van der Waals surface area contributed by atoms with Crippen molar-refractivity contribution in [2.75, 3.05) is 39.3 Å². The van der Waals surface area contributed by atoms with Crippen molar-refractivity contribution in [3.05, 3.63) is 22.2 Å². The second-order valence-electron chi connectivity index (χ2n) is 11.3. The van der Waals surface area contributed by atoms with Crippen LogP contribution in [0.5, 0.6) is 0 Å². The Bertz CT molecular complexity index is 1170. The molecule has 2 amide bonds. The average Bonchev–Trinajstić information content (AvgIpc) is 3.10. The van der Waals surface area contributed by atoms with Crippen LogP contribution in [0.1, 0.15) is 47.6 Å². The van der Waals surface area contributed by atoms with E-state index in [1.165, 1.54) is 0 Å². The van der Waals surface area contributed by atoms with Crippen LogP contribution >= 0.6 is 11.3 Å². The Morgan fingerprint density at radius 2 is 1.71 bits per heavy atom. The lowest BCUT2D eigenvalue weighted by Gasteiger charge is -2.63. The molecule has 0 unspecified atom stereocenters. The molecule has 188 valence electrons. The summed E-state index contributed by atoms with van der Waals surface area (Å²) in [7, 11) is 0. The summed E-state index contributed by atoms with van der Waals surface area (Å²) in [6.07, 6.45) is 0.662. The summed E-state index contributed by atoms with van der Waals surface area (Å²) < 4.78 is 39.9. The van der Waals surface area contributed by atoms with Gasteiger partial charge in [-0.25, -0.2) is 14.5 Å². The van der Waals surface area contributed by atoms with Gasteiger partial charge in [0.05, 0.1) is 12.6 Å². The maximum atomic E-state index is 12.9. The minimum Gasteiger partial charge on any atom is -0.382 e. The lowest BCUT2D eigenvalue weighted by atomic mass is 9.60. The van der Waals surface area contributed by atoms with Gasteiger partial charge in [0.2, 0.25) is 5.01 Å². The van der Waals surface area contributed by atoms with E-state index in [2.05, 4.69) is 25.2 Å². The van der Waals surface area contributed by atoms with Crippen LogP contribution in [0, 0.1) is 10.8 Å². The summed E-state index contributed by atoms with van der Waals surface area (Å²) in [5.41, 5.74) is -0.573. The molecule has 2 saturated carbocycles. The second-order valence-corrected chi connectivity index (χ2v) is 12.3. The predicted octanol–water partition coefficient (Wildman–Crippen LogP) is 1.70. The Balaban J connectivity index is 0.845. The van der Waals surface area contributed by atoms with Gasteiger partial charge in [0.1, 0.15) is 16.9 Å². The van der Waals surface area contributed by atoms with Gasteiger partial charge in [-0.15, -0.1) is 10.2 Å². The maximum absolute atomic E-state index is 12.9. The molecule has 3 saturated heterocycles. The first-order valence-corrected chi connectivity index (χ1v) is 12.7. The maximum Gasteiger partial charge on any atom is 0.445 e. The Labute approximate surface area is 202 Å². The molecule has 10 nitrogen and oxygen atoms in total. The molecule has 35 heavy (non-hydrogen) atoms.